The third-order valence-electron chi connectivity index (χ3n) is 12.3. The van der Waals surface area contributed by atoms with E-state index < -0.39 is 0 Å². The van der Waals surface area contributed by atoms with Crippen molar-refractivity contribution < 1.29 is 0 Å². The van der Waals surface area contributed by atoms with E-state index in [4.69, 9.17) is 0 Å². The molecule has 1 N–H and O–H groups in total. The molecule has 0 spiro atoms. The van der Waals surface area contributed by atoms with Crippen molar-refractivity contribution in [2.75, 3.05) is 44.4 Å². The number of hydrogen-bond acceptors (Lipinski definition) is 6. The highest BCUT2D eigenvalue weighted by Crippen LogP contribution is 2.39. The second kappa shape index (κ2) is 32.9. The molecule has 0 aromatic heterocycles. The van der Waals surface area contributed by atoms with Crippen molar-refractivity contribution in [3.63, 3.8) is 0 Å². The Hall–Kier alpha value is 0.150. The van der Waals surface area contributed by atoms with Gasteiger partial charge in [0.1, 0.15) is 0 Å². The summed E-state index contributed by atoms with van der Waals surface area (Å²) in [7, 11) is 0. The second-order valence-electron chi connectivity index (χ2n) is 25.6. The van der Waals surface area contributed by atoms with E-state index in [1.165, 1.54) is 63.4 Å². The van der Waals surface area contributed by atoms with Gasteiger partial charge in [-0.3, -0.25) is 19.6 Å². The average molecular weight is 933 g/mol. The third kappa shape index (κ3) is 28.6. The summed E-state index contributed by atoms with van der Waals surface area (Å²) in [5, 5.41) is 3.50. The Kier molecular flexibility index (Phi) is 38.9. The number of piperazine rings is 1. The largest absolute Gasteiger partial charge is 0.314 e. The molecule has 4 aliphatic heterocycles. The first-order chi connectivity index (χ1) is 27.9. The Labute approximate surface area is 415 Å². The van der Waals surface area contributed by atoms with Crippen LogP contribution < -0.4 is 5.32 Å². The van der Waals surface area contributed by atoms with Gasteiger partial charge in [-0.15, -0.1) is 11.8 Å². The van der Waals surface area contributed by atoms with Crippen LogP contribution in [0.5, 0.6) is 0 Å². The van der Waals surface area contributed by atoms with Crippen LogP contribution in [0.4, 0.5) is 0 Å². The van der Waals surface area contributed by atoms with E-state index in [1.54, 1.807) is 0 Å². The SMILES string of the molecule is C.C.CC.CC.CC.CC.CC(C)(C)C1CCCCN1C(C)(C)C.CC(C)(C)C1CCCN1C(C)(C)C.CC(C)(C)C1CNCCN1C(C)(C)C.CC(C)(C)C1CSCN1C(C)(C)C. The number of piperidine rings is 1. The molecule has 0 aromatic rings. The molecule has 4 heterocycles. The number of hydrogen-bond donors (Lipinski definition) is 1. The fourth-order valence-corrected chi connectivity index (χ4v) is 11.0. The number of nitrogens with zero attached hydrogens (tertiary/aromatic N) is 4. The molecule has 6 heteroatoms. The molecule has 4 aliphatic rings. The van der Waals surface area contributed by atoms with Crippen molar-refractivity contribution in [1.82, 2.24) is 24.9 Å². The summed E-state index contributed by atoms with van der Waals surface area (Å²) in [5.41, 5.74) is 2.92. The molecular weight excluding hydrogens is 799 g/mol. The van der Waals surface area contributed by atoms with Crippen LogP contribution in [-0.2, 0) is 0 Å². The Bertz CT molecular complexity index is 892. The molecule has 0 aromatic carbocycles. The highest BCUT2D eigenvalue weighted by Gasteiger charge is 2.41. The van der Waals surface area contributed by atoms with Gasteiger partial charge in [0.15, 0.2) is 0 Å². The Morgan fingerprint density at radius 3 is 0.922 bits per heavy atom. The minimum absolute atomic E-state index is 0. The van der Waals surface area contributed by atoms with E-state index in [1.807, 2.05) is 55.4 Å². The average Bonchev–Trinajstić information content (AvgIpc) is 3.87. The molecule has 0 aliphatic carbocycles. The summed E-state index contributed by atoms with van der Waals surface area (Å²) in [4.78, 5) is 10.7. The summed E-state index contributed by atoms with van der Waals surface area (Å²) in [5.74, 6) is 2.49. The van der Waals surface area contributed by atoms with Gasteiger partial charge in [-0.1, -0.05) is 160 Å². The molecule has 5 nitrogen and oxygen atoms in total. The number of likely N-dealkylation sites (tertiary alicyclic amines) is 2. The van der Waals surface area contributed by atoms with E-state index in [2.05, 4.69) is 203 Å². The minimum atomic E-state index is 0. The third-order valence-corrected chi connectivity index (χ3v) is 13.3. The van der Waals surface area contributed by atoms with Crippen molar-refractivity contribution in [2.45, 2.75) is 315 Å². The van der Waals surface area contributed by atoms with E-state index in [0.717, 1.165) is 31.2 Å². The highest BCUT2D eigenvalue weighted by molar-refractivity contribution is 7.99. The fraction of sp³-hybridized carbons (Fsp3) is 1.00. The molecule has 0 bridgehead atoms. The Morgan fingerprint density at radius 2 is 0.656 bits per heavy atom. The van der Waals surface area contributed by atoms with Gasteiger partial charge in [-0.05, 0) is 144 Å². The first kappa shape index (κ1) is 75.7. The van der Waals surface area contributed by atoms with E-state index in [9.17, 15) is 0 Å². The second-order valence-corrected chi connectivity index (χ2v) is 26.6. The number of rotatable bonds is 0. The van der Waals surface area contributed by atoms with Gasteiger partial charge >= 0.3 is 0 Å². The molecule has 0 amide bonds. The number of thioether (sulfide) groups is 1. The smallest absolute Gasteiger partial charge is 0.0453 e. The van der Waals surface area contributed by atoms with Gasteiger partial charge in [0.2, 0.25) is 0 Å². The van der Waals surface area contributed by atoms with Gasteiger partial charge < -0.3 is 5.32 Å². The fourth-order valence-electron chi connectivity index (χ4n) is 9.21. The lowest BCUT2D eigenvalue weighted by molar-refractivity contribution is -0.00414. The molecule has 4 atom stereocenters. The summed E-state index contributed by atoms with van der Waals surface area (Å²) in [6.45, 7) is 78.2. The minimum Gasteiger partial charge on any atom is -0.314 e. The maximum absolute atomic E-state index is 3.50. The van der Waals surface area contributed by atoms with Gasteiger partial charge in [-0.25, -0.2) is 0 Å². The van der Waals surface area contributed by atoms with Crippen LogP contribution in [0.1, 0.15) is 269 Å². The quantitative estimate of drug-likeness (QED) is 0.260. The normalized spacial score (nSPS) is 22.9. The van der Waals surface area contributed by atoms with Crippen molar-refractivity contribution in [3.8, 4) is 0 Å². The highest BCUT2D eigenvalue weighted by atomic mass is 32.2. The van der Waals surface area contributed by atoms with Crippen LogP contribution in [0.15, 0.2) is 0 Å². The Morgan fingerprint density at radius 1 is 0.359 bits per heavy atom. The monoisotopic (exact) mass is 932 g/mol. The number of nitrogens with one attached hydrogen (secondary N) is 1. The summed E-state index contributed by atoms with van der Waals surface area (Å²) in [6.07, 6.45) is 6.92. The predicted molar refractivity (Wildman–Crippen MR) is 306 cm³/mol. The van der Waals surface area contributed by atoms with Crippen LogP contribution in [0, 0.1) is 21.7 Å². The van der Waals surface area contributed by atoms with Crippen LogP contribution in [0.3, 0.4) is 0 Å². The van der Waals surface area contributed by atoms with Gasteiger partial charge in [0.05, 0.1) is 0 Å². The van der Waals surface area contributed by atoms with Crippen LogP contribution in [0.25, 0.3) is 0 Å². The van der Waals surface area contributed by atoms with Crippen molar-refractivity contribution in [1.29, 1.82) is 0 Å². The molecule has 396 valence electrons. The molecular formula is C58H133N5S. The summed E-state index contributed by atoms with van der Waals surface area (Å²) in [6, 6.07) is 2.91. The molecule has 4 saturated heterocycles. The lowest BCUT2D eigenvalue weighted by Crippen LogP contribution is -2.62. The van der Waals surface area contributed by atoms with Crippen molar-refractivity contribution in [2.24, 2.45) is 21.7 Å². The molecule has 4 rings (SSSR count). The van der Waals surface area contributed by atoms with Gasteiger partial charge in [0, 0.05) is 77.6 Å². The first-order valence-electron chi connectivity index (χ1n) is 26.3. The van der Waals surface area contributed by atoms with Crippen molar-refractivity contribution in [3.05, 3.63) is 0 Å². The van der Waals surface area contributed by atoms with Crippen LogP contribution in [-0.4, -0.2) is 110 Å². The van der Waals surface area contributed by atoms with Crippen LogP contribution in [0.2, 0.25) is 0 Å². The predicted octanol–water partition coefficient (Wildman–Crippen LogP) is 17.7. The molecule has 4 unspecified atom stereocenters. The van der Waals surface area contributed by atoms with Gasteiger partial charge in [-0.2, -0.15) is 0 Å². The lowest BCUT2D eigenvalue weighted by Gasteiger charge is -2.50. The van der Waals surface area contributed by atoms with E-state index >= 15 is 0 Å². The first-order valence-corrected chi connectivity index (χ1v) is 27.4. The zero-order valence-corrected chi connectivity index (χ0v) is 50.3. The van der Waals surface area contributed by atoms with E-state index in [-0.39, 0.29) is 14.9 Å². The molecule has 0 radical (unpaired) electrons. The zero-order chi connectivity index (χ0) is 50.5. The summed E-state index contributed by atoms with van der Waals surface area (Å²) < 4.78 is 0. The maximum Gasteiger partial charge on any atom is 0.0453 e. The maximum atomic E-state index is 3.50. The van der Waals surface area contributed by atoms with E-state index in [0.29, 0.717) is 49.9 Å². The zero-order valence-electron chi connectivity index (χ0n) is 49.5. The van der Waals surface area contributed by atoms with Crippen LogP contribution >= 0.6 is 11.8 Å². The molecule has 64 heavy (non-hydrogen) atoms. The Balaban J connectivity index is -0.000000164. The van der Waals surface area contributed by atoms with Gasteiger partial charge in [0.25, 0.3) is 0 Å². The topological polar surface area (TPSA) is 25.0 Å². The molecule has 0 saturated carbocycles. The lowest BCUT2D eigenvalue weighted by atomic mass is 9.78. The van der Waals surface area contributed by atoms with Crippen molar-refractivity contribution >= 4 is 11.8 Å². The standard InChI is InChI=1S/C13H27N.C12H26N2.C12H25N.C11H23NS.4C2H6.2CH4/c1-12(2,3)11-9-7-8-10-14(11)13(4,5)6;1-11(2,3)10-9-13-7-8-14(10)12(4,5)6;1-11(2,3)10-8-7-9-13(10)12(4,5)6;1-10(2,3)9-7-13-8-12(9)11(4,5)6;4*1-2;;/h11H,7-10H2,1-6H3;10,13H,7-9H2,1-6H3;10H,7-9H2,1-6H3;9H,7-8H2,1-6H3;4*1-2H3;2*1H4. The summed E-state index contributed by atoms with van der Waals surface area (Å²) >= 11 is 2.07. The molecule has 4 fully saturated rings.